The normalized spacial score (nSPS) is 23.9. The van der Waals surface area contributed by atoms with Crippen LogP contribution in [0.1, 0.15) is 44.1 Å². The number of hydrogen-bond donors (Lipinski definition) is 2. The van der Waals surface area contributed by atoms with Crippen molar-refractivity contribution < 1.29 is 27.9 Å². The number of nitrogens with zero attached hydrogens (tertiary/aromatic N) is 4. The number of ether oxygens (including phenoxy) is 1. The SMILES string of the molecule is CN1CC[C@H](Oc2ccc3nc(NC(=O)/C(=N/O[C@@H]4CC[C@@H](O)C4)c4ccc(S(=O)(=O)C5CC5)cc4)sc3n2)C1. The van der Waals surface area contributed by atoms with Crippen molar-refractivity contribution in [2.75, 3.05) is 25.5 Å². The number of aromatic nitrogens is 2. The number of likely N-dealkylation sites (tertiary alicyclic amines) is 1. The van der Waals surface area contributed by atoms with E-state index in [1.165, 1.54) is 23.5 Å². The van der Waals surface area contributed by atoms with Crippen molar-refractivity contribution in [1.82, 2.24) is 14.9 Å². The molecule has 11 nitrogen and oxygen atoms in total. The van der Waals surface area contributed by atoms with Gasteiger partial charge in [-0.1, -0.05) is 28.6 Å². The topological polar surface area (TPSA) is 143 Å². The van der Waals surface area contributed by atoms with Gasteiger partial charge in [-0.05, 0) is 57.4 Å². The molecule has 2 aromatic heterocycles. The Bertz CT molecular complexity index is 1540. The number of rotatable bonds is 9. The standard InChI is InChI=1S/C27H31N5O6S2/c1-32-13-12-19(15-32)37-23-11-10-22-26(29-23)39-27(28-22)30-25(34)24(31-38-18-5-4-17(33)14-18)16-2-6-20(7-3-16)40(35,36)21-8-9-21/h2-3,6-7,10-11,17-19,21,33H,4-5,8-9,12-15H2,1H3,(H,28,30,34)/b31-24+/t17-,18-,19+/m1/s1. The van der Waals surface area contributed by atoms with Crippen molar-refractivity contribution >= 4 is 48.3 Å². The summed E-state index contributed by atoms with van der Waals surface area (Å²) in [7, 11) is -1.31. The molecule has 1 amide bonds. The van der Waals surface area contributed by atoms with Gasteiger partial charge in [0.05, 0.1) is 16.2 Å². The van der Waals surface area contributed by atoms with Crippen LogP contribution in [0, 0.1) is 0 Å². The first-order valence-corrected chi connectivity index (χ1v) is 15.8. The van der Waals surface area contributed by atoms with Gasteiger partial charge in [-0.15, -0.1) is 0 Å². The molecule has 3 atom stereocenters. The second-order valence-electron chi connectivity index (χ2n) is 10.6. The molecule has 2 aliphatic carbocycles. The average Bonchev–Trinajstić information content (AvgIpc) is 3.43. The van der Waals surface area contributed by atoms with Gasteiger partial charge in [0.2, 0.25) is 5.88 Å². The Morgan fingerprint density at radius 3 is 2.55 bits per heavy atom. The minimum Gasteiger partial charge on any atom is -0.473 e. The minimum atomic E-state index is -3.36. The number of anilines is 1. The number of hydrogen-bond acceptors (Lipinski definition) is 11. The van der Waals surface area contributed by atoms with E-state index in [1.54, 1.807) is 18.2 Å². The smallest absolute Gasteiger partial charge is 0.280 e. The number of likely N-dealkylation sites (N-methyl/N-ethyl adjacent to an activating group) is 1. The average molecular weight is 586 g/mol. The highest BCUT2D eigenvalue weighted by molar-refractivity contribution is 7.92. The van der Waals surface area contributed by atoms with Gasteiger partial charge >= 0.3 is 0 Å². The maximum atomic E-state index is 13.4. The van der Waals surface area contributed by atoms with Crippen molar-refractivity contribution in [3.05, 3.63) is 42.0 Å². The third-order valence-corrected chi connectivity index (χ3v) is 10.5. The lowest BCUT2D eigenvalue weighted by Gasteiger charge is -2.12. The lowest BCUT2D eigenvalue weighted by molar-refractivity contribution is -0.110. The van der Waals surface area contributed by atoms with E-state index in [0.29, 0.717) is 59.0 Å². The zero-order valence-electron chi connectivity index (χ0n) is 22.0. The molecule has 3 heterocycles. The summed E-state index contributed by atoms with van der Waals surface area (Å²) in [6.07, 6.45) is 3.28. The van der Waals surface area contributed by atoms with Crippen molar-refractivity contribution in [3.8, 4) is 5.88 Å². The van der Waals surface area contributed by atoms with Crippen LogP contribution in [0.25, 0.3) is 10.3 Å². The summed E-state index contributed by atoms with van der Waals surface area (Å²) in [5.74, 6) is -0.0363. The molecule has 0 unspecified atom stereocenters. The Morgan fingerprint density at radius 2 is 1.88 bits per heavy atom. The van der Waals surface area contributed by atoms with Crippen LogP contribution in [0.4, 0.5) is 5.13 Å². The number of carbonyl (C=O) groups excluding carboxylic acids is 1. The summed E-state index contributed by atoms with van der Waals surface area (Å²) in [5, 5.41) is 16.8. The maximum absolute atomic E-state index is 13.4. The van der Waals surface area contributed by atoms with Gasteiger partial charge in [-0.25, -0.2) is 18.4 Å². The van der Waals surface area contributed by atoms with Crippen molar-refractivity contribution in [1.29, 1.82) is 0 Å². The molecule has 3 aromatic rings. The van der Waals surface area contributed by atoms with Gasteiger partial charge in [0.25, 0.3) is 5.91 Å². The van der Waals surface area contributed by atoms with Crippen molar-refractivity contribution in [2.24, 2.45) is 5.16 Å². The number of carbonyl (C=O) groups is 1. The van der Waals surface area contributed by atoms with Gasteiger partial charge in [0.15, 0.2) is 20.7 Å². The quantitative estimate of drug-likeness (QED) is 0.286. The van der Waals surface area contributed by atoms with Crippen molar-refractivity contribution in [2.45, 2.75) is 67.0 Å². The fourth-order valence-electron chi connectivity index (χ4n) is 4.98. The molecule has 6 rings (SSSR count). The first-order chi connectivity index (χ1) is 19.2. The van der Waals surface area contributed by atoms with E-state index < -0.39 is 21.8 Å². The summed E-state index contributed by atoms with van der Waals surface area (Å²) in [6, 6.07) is 9.70. The number of pyridine rings is 1. The first kappa shape index (κ1) is 27.1. The number of aliphatic hydroxyl groups is 1. The molecule has 13 heteroatoms. The number of fused-ring (bicyclic) bond motifs is 1. The Labute approximate surface area is 236 Å². The van der Waals surface area contributed by atoms with E-state index in [2.05, 4.69) is 32.4 Å². The largest absolute Gasteiger partial charge is 0.473 e. The summed E-state index contributed by atoms with van der Waals surface area (Å²) >= 11 is 1.22. The summed E-state index contributed by atoms with van der Waals surface area (Å²) in [6.45, 7) is 1.83. The molecule has 2 saturated carbocycles. The predicted octanol–water partition coefficient (Wildman–Crippen LogP) is 2.98. The van der Waals surface area contributed by atoms with E-state index in [1.807, 2.05) is 6.07 Å². The molecule has 1 saturated heterocycles. The lowest BCUT2D eigenvalue weighted by Crippen LogP contribution is -2.25. The van der Waals surface area contributed by atoms with E-state index in [0.717, 1.165) is 19.5 Å². The second-order valence-corrected chi connectivity index (χ2v) is 13.8. The third kappa shape index (κ3) is 5.97. The van der Waals surface area contributed by atoms with E-state index in [9.17, 15) is 18.3 Å². The molecule has 40 heavy (non-hydrogen) atoms. The summed E-state index contributed by atoms with van der Waals surface area (Å²) in [4.78, 5) is 31.2. The number of amides is 1. The van der Waals surface area contributed by atoms with E-state index in [-0.39, 0.29) is 28.1 Å². The number of sulfone groups is 1. The second kappa shape index (κ2) is 11.0. The van der Waals surface area contributed by atoms with Gasteiger partial charge in [0, 0.05) is 31.1 Å². The van der Waals surface area contributed by atoms with Crippen LogP contribution in [0.2, 0.25) is 0 Å². The monoisotopic (exact) mass is 585 g/mol. The van der Waals surface area contributed by atoms with Crippen LogP contribution in [0.15, 0.2) is 46.4 Å². The molecule has 1 aromatic carbocycles. The van der Waals surface area contributed by atoms with E-state index >= 15 is 0 Å². The molecule has 212 valence electrons. The zero-order valence-corrected chi connectivity index (χ0v) is 23.7. The fourth-order valence-corrected chi connectivity index (χ4v) is 7.46. The van der Waals surface area contributed by atoms with Gasteiger partial charge in [-0.3, -0.25) is 10.1 Å². The number of thiazole rings is 1. The predicted molar refractivity (Wildman–Crippen MR) is 150 cm³/mol. The fraction of sp³-hybridized carbons (Fsp3) is 0.481. The molecule has 2 N–H and O–H groups in total. The van der Waals surface area contributed by atoms with E-state index in [4.69, 9.17) is 9.57 Å². The Morgan fingerprint density at radius 1 is 1.07 bits per heavy atom. The third-order valence-electron chi connectivity index (χ3n) is 7.37. The maximum Gasteiger partial charge on any atom is 0.280 e. The van der Waals surface area contributed by atoms with Crippen LogP contribution < -0.4 is 10.1 Å². The Hall–Kier alpha value is -3.13. The van der Waals surface area contributed by atoms with Crippen molar-refractivity contribution in [3.63, 3.8) is 0 Å². The molecular weight excluding hydrogens is 554 g/mol. The van der Waals surface area contributed by atoms with Crippen LogP contribution >= 0.6 is 11.3 Å². The number of benzene rings is 1. The zero-order chi connectivity index (χ0) is 27.9. The van der Waals surface area contributed by atoms with Crippen LogP contribution in [0.5, 0.6) is 5.88 Å². The minimum absolute atomic E-state index is 0.0154. The first-order valence-electron chi connectivity index (χ1n) is 13.4. The van der Waals surface area contributed by atoms with Gasteiger partial charge in [-0.2, -0.15) is 0 Å². The van der Waals surface area contributed by atoms with Crippen LogP contribution in [-0.4, -0.2) is 83.7 Å². The molecule has 0 radical (unpaired) electrons. The summed E-state index contributed by atoms with van der Waals surface area (Å²) < 4.78 is 31.3. The lowest BCUT2D eigenvalue weighted by atomic mass is 10.1. The van der Waals surface area contributed by atoms with Gasteiger partial charge in [0.1, 0.15) is 22.6 Å². The number of aliphatic hydroxyl groups excluding tert-OH is 1. The van der Waals surface area contributed by atoms with Gasteiger partial charge < -0.3 is 19.6 Å². The van der Waals surface area contributed by atoms with Crippen LogP contribution in [-0.2, 0) is 19.5 Å². The molecule has 3 aliphatic rings. The molecule has 0 spiro atoms. The Kier molecular flexibility index (Phi) is 7.46. The molecule has 1 aliphatic heterocycles. The molecular formula is C27H31N5O6S2. The summed E-state index contributed by atoms with van der Waals surface area (Å²) in [5.41, 5.74) is 1.01. The molecule has 3 fully saturated rings. The Balaban J connectivity index is 1.21. The number of oxime groups is 1. The highest BCUT2D eigenvalue weighted by Gasteiger charge is 2.37. The van der Waals surface area contributed by atoms with Crippen LogP contribution in [0.3, 0.4) is 0 Å². The molecule has 0 bridgehead atoms. The highest BCUT2D eigenvalue weighted by Crippen LogP contribution is 2.34. The number of nitrogens with one attached hydrogen (secondary N) is 1. The highest BCUT2D eigenvalue weighted by atomic mass is 32.2.